The van der Waals surface area contributed by atoms with E-state index in [4.69, 9.17) is 5.73 Å². The number of pyridine rings is 1. The minimum absolute atomic E-state index is 0.367. The van der Waals surface area contributed by atoms with Crippen LogP contribution in [-0.2, 0) is 0 Å². The number of aromatic nitrogens is 1. The summed E-state index contributed by atoms with van der Waals surface area (Å²) in [5, 5.41) is 2.52. The normalized spacial score (nSPS) is 11.5. The molecular formula is C8H9Br2F2N3. The standard InChI is InChI=1S/C8H9Br2F2N3/c9-5-1-6(10)7(14-2-5)15-4-8(11,12)3-13/h1-2H,3-4,13H2,(H,14,15). The maximum Gasteiger partial charge on any atom is 0.276 e. The van der Waals surface area contributed by atoms with Crippen molar-refractivity contribution in [2.45, 2.75) is 5.92 Å². The first-order chi connectivity index (χ1) is 6.94. The van der Waals surface area contributed by atoms with Gasteiger partial charge in [0.2, 0.25) is 0 Å². The number of anilines is 1. The third kappa shape index (κ3) is 4.00. The molecule has 0 aliphatic carbocycles. The molecule has 0 atom stereocenters. The van der Waals surface area contributed by atoms with E-state index in [-0.39, 0.29) is 0 Å². The first kappa shape index (κ1) is 12.8. The molecule has 0 aromatic carbocycles. The van der Waals surface area contributed by atoms with Gasteiger partial charge in [-0.2, -0.15) is 0 Å². The zero-order valence-corrected chi connectivity index (χ0v) is 10.8. The number of halogens is 4. The molecule has 0 saturated carbocycles. The molecule has 1 aromatic rings. The molecule has 15 heavy (non-hydrogen) atoms. The fourth-order valence-electron chi connectivity index (χ4n) is 0.830. The highest BCUT2D eigenvalue weighted by Crippen LogP contribution is 2.24. The van der Waals surface area contributed by atoms with Gasteiger partial charge in [-0.05, 0) is 37.9 Å². The molecule has 0 aliphatic heterocycles. The van der Waals surface area contributed by atoms with Gasteiger partial charge in [-0.3, -0.25) is 0 Å². The summed E-state index contributed by atoms with van der Waals surface area (Å²) in [4.78, 5) is 3.94. The fraction of sp³-hybridized carbons (Fsp3) is 0.375. The zero-order chi connectivity index (χ0) is 11.5. The largest absolute Gasteiger partial charge is 0.363 e. The summed E-state index contributed by atoms with van der Waals surface area (Å²) in [6, 6.07) is 1.72. The number of hydrogen-bond acceptors (Lipinski definition) is 3. The van der Waals surface area contributed by atoms with E-state index in [1.165, 1.54) is 6.20 Å². The van der Waals surface area contributed by atoms with Crippen molar-refractivity contribution in [2.24, 2.45) is 5.73 Å². The molecule has 0 saturated heterocycles. The highest BCUT2D eigenvalue weighted by Gasteiger charge is 2.26. The van der Waals surface area contributed by atoms with Gasteiger partial charge in [0, 0.05) is 10.7 Å². The Kier molecular flexibility index (Phi) is 4.42. The van der Waals surface area contributed by atoms with Crippen LogP contribution in [0.3, 0.4) is 0 Å². The topological polar surface area (TPSA) is 50.9 Å². The molecule has 0 spiro atoms. The summed E-state index contributed by atoms with van der Waals surface area (Å²) in [6.07, 6.45) is 1.52. The SMILES string of the molecule is NCC(F)(F)CNc1ncc(Br)cc1Br. The van der Waals surface area contributed by atoms with E-state index in [0.717, 1.165) is 4.47 Å². The van der Waals surface area contributed by atoms with Gasteiger partial charge in [-0.1, -0.05) is 0 Å². The zero-order valence-electron chi connectivity index (χ0n) is 7.61. The molecule has 0 amide bonds. The monoisotopic (exact) mass is 343 g/mol. The van der Waals surface area contributed by atoms with Gasteiger partial charge in [0.05, 0.1) is 17.6 Å². The van der Waals surface area contributed by atoms with E-state index >= 15 is 0 Å². The van der Waals surface area contributed by atoms with Crippen LogP contribution in [0.2, 0.25) is 0 Å². The summed E-state index contributed by atoms with van der Waals surface area (Å²) in [6.45, 7) is -1.22. The highest BCUT2D eigenvalue weighted by atomic mass is 79.9. The van der Waals surface area contributed by atoms with E-state index in [1.807, 2.05) is 0 Å². The number of rotatable bonds is 4. The summed E-state index contributed by atoms with van der Waals surface area (Å²) in [5.74, 6) is -2.56. The number of hydrogen-bond donors (Lipinski definition) is 2. The third-order valence-corrected chi connectivity index (χ3v) is 2.66. The van der Waals surface area contributed by atoms with Crippen molar-refractivity contribution in [1.82, 2.24) is 4.98 Å². The van der Waals surface area contributed by atoms with Gasteiger partial charge in [-0.25, -0.2) is 13.8 Å². The van der Waals surface area contributed by atoms with Crippen molar-refractivity contribution in [1.29, 1.82) is 0 Å². The Hall–Kier alpha value is -0.270. The lowest BCUT2D eigenvalue weighted by molar-refractivity contribution is 0.0253. The van der Waals surface area contributed by atoms with Crippen LogP contribution in [0.15, 0.2) is 21.2 Å². The second-order valence-electron chi connectivity index (χ2n) is 2.90. The van der Waals surface area contributed by atoms with Crippen molar-refractivity contribution in [3.8, 4) is 0 Å². The maximum atomic E-state index is 12.8. The minimum atomic E-state index is -2.92. The number of nitrogens with two attached hydrogens (primary N) is 1. The van der Waals surface area contributed by atoms with Gasteiger partial charge in [0.25, 0.3) is 5.92 Å². The average Bonchev–Trinajstić information content (AvgIpc) is 2.16. The quantitative estimate of drug-likeness (QED) is 0.882. The van der Waals surface area contributed by atoms with Gasteiger partial charge in [-0.15, -0.1) is 0 Å². The molecular weight excluding hydrogens is 336 g/mol. The lowest BCUT2D eigenvalue weighted by Gasteiger charge is -2.15. The van der Waals surface area contributed by atoms with E-state index < -0.39 is 19.0 Å². The predicted molar refractivity (Wildman–Crippen MR) is 62.1 cm³/mol. The smallest absolute Gasteiger partial charge is 0.276 e. The molecule has 1 rings (SSSR count). The molecule has 1 heterocycles. The van der Waals surface area contributed by atoms with Crippen molar-refractivity contribution in [3.63, 3.8) is 0 Å². The fourth-order valence-corrected chi connectivity index (χ4v) is 1.96. The molecule has 3 nitrogen and oxygen atoms in total. The molecule has 0 fully saturated rings. The molecule has 1 aromatic heterocycles. The van der Waals surface area contributed by atoms with E-state index in [2.05, 4.69) is 42.2 Å². The van der Waals surface area contributed by atoms with Crippen LogP contribution in [-0.4, -0.2) is 24.0 Å². The predicted octanol–water partition coefficient (Wildman–Crippen LogP) is 2.61. The van der Waals surface area contributed by atoms with Gasteiger partial charge in [0.1, 0.15) is 5.82 Å². The van der Waals surface area contributed by atoms with Crippen LogP contribution in [0.1, 0.15) is 0 Å². The highest BCUT2D eigenvalue weighted by molar-refractivity contribution is 9.11. The molecule has 0 bridgehead atoms. The first-order valence-corrected chi connectivity index (χ1v) is 5.66. The van der Waals surface area contributed by atoms with Crippen LogP contribution >= 0.6 is 31.9 Å². The molecule has 0 unspecified atom stereocenters. The van der Waals surface area contributed by atoms with Crippen LogP contribution in [0, 0.1) is 0 Å². The third-order valence-electron chi connectivity index (χ3n) is 1.62. The van der Waals surface area contributed by atoms with Gasteiger partial charge in [0.15, 0.2) is 0 Å². The summed E-state index contributed by atoms with van der Waals surface area (Å²) in [7, 11) is 0. The Labute approximate surface area is 103 Å². The van der Waals surface area contributed by atoms with E-state index in [0.29, 0.717) is 10.3 Å². The van der Waals surface area contributed by atoms with E-state index in [1.54, 1.807) is 6.07 Å². The van der Waals surface area contributed by atoms with Gasteiger partial charge >= 0.3 is 0 Å². The van der Waals surface area contributed by atoms with Crippen molar-refractivity contribution in [3.05, 3.63) is 21.2 Å². The Bertz CT molecular complexity index is 347. The summed E-state index contributed by atoms with van der Waals surface area (Å²) in [5.41, 5.74) is 4.90. The lowest BCUT2D eigenvalue weighted by atomic mass is 10.3. The maximum absolute atomic E-state index is 12.8. The molecule has 0 radical (unpaired) electrons. The second-order valence-corrected chi connectivity index (χ2v) is 4.67. The Balaban J connectivity index is 2.66. The number of nitrogens with zero attached hydrogens (tertiary/aromatic N) is 1. The van der Waals surface area contributed by atoms with Crippen molar-refractivity contribution in [2.75, 3.05) is 18.4 Å². The Morgan fingerprint density at radius 1 is 1.47 bits per heavy atom. The van der Waals surface area contributed by atoms with Crippen molar-refractivity contribution >= 4 is 37.7 Å². The van der Waals surface area contributed by atoms with Gasteiger partial charge < -0.3 is 11.1 Å². The van der Waals surface area contributed by atoms with Crippen LogP contribution in [0.4, 0.5) is 14.6 Å². The van der Waals surface area contributed by atoms with Crippen LogP contribution in [0.25, 0.3) is 0 Å². The molecule has 7 heteroatoms. The van der Waals surface area contributed by atoms with Crippen molar-refractivity contribution < 1.29 is 8.78 Å². The molecule has 0 aliphatic rings. The molecule has 3 N–H and O–H groups in total. The number of alkyl halides is 2. The summed E-state index contributed by atoms with van der Waals surface area (Å²) >= 11 is 6.42. The minimum Gasteiger partial charge on any atom is -0.363 e. The Morgan fingerprint density at radius 3 is 2.67 bits per heavy atom. The van der Waals surface area contributed by atoms with E-state index in [9.17, 15) is 8.78 Å². The Morgan fingerprint density at radius 2 is 2.13 bits per heavy atom. The van der Waals surface area contributed by atoms with Crippen LogP contribution < -0.4 is 11.1 Å². The lowest BCUT2D eigenvalue weighted by Crippen LogP contribution is -2.35. The van der Waals surface area contributed by atoms with Crippen LogP contribution in [0.5, 0.6) is 0 Å². The summed E-state index contributed by atoms with van der Waals surface area (Å²) < 4.78 is 27.0. The molecule has 84 valence electrons. The average molecular weight is 345 g/mol. The number of nitrogens with one attached hydrogen (secondary N) is 1. The second kappa shape index (κ2) is 5.18. The first-order valence-electron chi connectivity index (χ1n) is 4.07.